The molecule has 2 aromatic heterocycles. The van der Waals surface area contributed by atoms with Gasteiger partial charge in [0.2, 0.25) is 0 Å². The lowest BCUT2D eigenvalue weighted by atomic mass is 10.2. The second-order valence-electron chi connectivity index (χ2n) is 4.01. The van der Waals surface area contributed by atoms with Crippen LogP contribution >= 0.6 is 11.8 Å². The van der Waals surface area contributed by atoms with Gasteiger partial charge in [0, 0.05) is 16.0 Å². The van der Waals surface area contributed by atoms with Crippen LogP contribution < -0.4 is 5.69 Å². The molecule has 1 aromatic carbocycles. The Labute approximate surface area is 107 Å². The van der Waals surface area contributed by atoms with Gasteiger partial charge in [-0.1, -0.05) is 30.0 Å². The van der Waals surface area contributed by atoms with Crippen LogP contribution in [0.2, 0.25) is 0 Å². The highest BCUT2D eigenvalue weighted by molar-refractivity contribution is 7.99. The van der Waals surface area contributed by atoms with Crippen LogP contribution in [0, 0.1) is 6.92 Å². The van der Waals surface area contributed by atoms with Crippen molar-refractivity contribution in [3.63, 3.8) is 0 Å². The number of benzene rings is 1. The van der Waals surface area contributed by atoms with E-state index in [1.54, 1.807) is 18.0 Å². The first-order chi connectivity index (χ1) is 8.72. The van der Waals surface area contributed by atoms with Crippen molar-refractivity contribution >= 4 is 22.9 Å². The maximum absolute atomic E-state index is 11.2. The van der Waals surface area contributed by atoms with E-state index in [2.05, 4.69) is 34.0 Å². The molecule has 0 aliphatic rings. The number of rotatable bonds is 2. The second kappa shape index (κ2) is 4.34. The van der Waals surface area contributed by atoms with Gasteiger partial charge in [-0.15, -0.1) is 0 Å². The maximum Gasteiger partial charge on any atom is 0.325 e. The largest absolute Gasteiger partial charge is 0.325 e. The van der Waals surface area contributed by atoms with Crippen molar-refractivity contribution in [1.82, 2.24) is 15.0 Å². The maximum atomic E-state index is 11.2. The number of hydrogen-bond donors (Lipinski definition) is 2. The third-order valence-corrected chi connectivity index (χ3v) is 3.80. The van der Waals surface area contributed by atoms with Gasteiger partial charge in [-0.3, -0.25) is 4.98 Å². The summed E-state index contributed by atoms with van der Waals surface area (Å²) in [6.45, 7) is 2.08. The van der Waals surface area contributed by atoms with E-state index in [4.69, 9.17) is 0 Å². The van der Waals surface area contributed by atoms with Gasteiger partial charge >= 0.3 is 5.69 Å². The molecule has 0 unspecified atom stereocenters. The second-order valence-corrected chi connectivity index (χ2v) is 5.13. The van der Waals surface area contributed by atoms with Crippen molar-refractivity contribution < 1.29 is 0 Å². The molecule has 2 heterocycles. The molecule has 0 atom stereocenters. The Morgan fingerprint density at radius 1 is 1.22 bits per heavy atom. The van der Waals surface area contributed by atoms with E-state index in [0.717, 1.165) is 10.4 Å². The molecule has 0 radical (unpaired) electrons. The van der Waals surface area contributed by atoms with E-state index in [-0.39, 0.29) is 5.69 Å². The molecule has 90 valence electrons. The molecule has 5 heteroatoms. The zero-order valence-corrected chi connectivity index (χ0v) is 10.5. The van der Waals surface area contributed by atoms with Gasteiger partial charge in [0.1, 0.15) is 0 Å². The highest BCUT2D eigenvalue weighted by Gasteiger charge is 2.04. The van der Waals surface area contributed by atoms with Crippen LogP contribution in [-0.2, 0) is 0 Å². The summed E-state index contributed by atoms with van der Waals surface area (Å²) < 4.78 is 0. The van der Waals surface area contributed by atoms with Crippen molar-refractivity contribution in [1.29, 1.82) is 0 Å². The standard InChI is InChI=1S/C13H11N3OS/c1-8-4-2-3-5-11(8)18-9-6-10-12(14-7-9)16-13(17)15-10/h2-7H,1H3,(H2,14,15,16,17). The molecule has 18 heavy (non-hydrogen) atoms. The fraction of sp³-hybridized carbons (Fsp3) is 0.0769. The topological polar surface area (TPSA) is 61.5 Å². The first-order valence-electron chi connectivity index (χ1n) is 5.54. The Bertz CT molecular complexity index is 760. The van der Waals surface area contributed by atoms with E-state index < -0.39 is 0 Å². The normalized spacial score (nSPS) is 10.9. The van der Waals surface area contributed by atoms with Crippen LogP contribution in [0.25, 0.3) is 11.2 Å². The van der Waals surface area contributed by atoms with Crippen molar-refractivity contribution in [3.05, 3.63) is 52.6 Å². The van der Waals surface area contributed by atoms with Crippen LogP contribution in [0.3, 0.4) is 0 Å². The number of aromatic nitrogens is 3. The van der Waals surface area contributed by atoms with E-state index >= 15 is 0 Å². The third kappa shape index (κ3) is 2.04. The average Bonchev–Trinajstić information content (AvgIpc) is 2.71. The molecule has 0 spiro atoms. The molecule has 0 bridgehead atoms. The lowest BCUT2D eigenvalue weighted by molar-refractivity contribution is 1.20. The van der Waals surface area contributed by atoms with E-state index in [1.165, 1.54) is 10.5 Å². The molecular formula is C13H11N3OS. The van der Waals surface area contributed by atoms with E-state index in [9.17, 15) is 4.79 Å². The number of pyridine rings is 1. The molecule has 3 aromatic rings. The van der Waals surface area contributed by atoms with Gasteiger partial charge in [-0.05, 0) is 24.6 Å². The zero-order chi connectivity index (χ0) is 12.5. The van der Waals surface area contributed by atoms with Gasteiger partial charge in [-0.25, -0.2) is 9.78 Å². The first kappa shape index (κ1) is 11.1. The Balaban J connectivity index is 2.00. The SMILES string of the molecule is Cc1ccccc1Sc1cnc2[nH]c(=O)[nH]c2c1. The smallest absolute Gasteiger partial charge is 0.304 e. The zero-order valence-electron chi connectivity index (χ0n) is 9.73. The summed E-state index contributed by atoms with van der Waals surface area (Å²) in [4.78, 5) is 22.9. The fourth-order valence-electron chi connectivity index (χ4n) is 1.76. The van der Waals surface area contributed by atoms with E-state index in [1.807, 2.05) is 18.2 Å². The first-order valence-corrected chi connectivity index (χ1v) is 6.35. The summed E-state index contributed by atoms with van der Waals surface area (Å²) in [5.41, 5.74) is 2.33. The minimum Gasteiger partial charge on any atom is -0.304 e. The van der Waals surface area contributed by atoms with Crippen molar-refractivity contribution in [2.45, 2.75) is 16.7 Å². The van der Waals surface area contributed by atoms with Crippen molar-refractivity contribution in [3.8, 4) is 0 Å². The van der Waals surface area contributed by atoms with E-state index in [0.29, 0.717) is 5.65 Å². The summed E-state index contributed by atoms with van der Waals surface area (Å²) in [6.07, 6.45) is 1.77. The Kier molecular flexibility index (Phi) is 2.68. The molecule has 0 saturated carbocycles. The Morgan fingerprint density at radius 3 is 2.89 bits per heavy atom. The lowest BCUT2D eigenvalue weighted by Crippen LogP contribution is -1.99. The number of imidazole rings is 1. The summed E-state index contributed by atoms with van der Waals surface area (Å²) >= 11 is 1.64. The number of aromatic amines is 2. The Morgan fingerprint density at radius 2 is 2.06 bits per heavy atom. The van der Waals surface area contributed by atoms with Crippen LogP contribution in [0.5, 0.6) is 0 Å². The van der Waals surface area contributed by atoms with Crippen LogP contribution in [0.15, 0.2) is 51.1 Å². The molecule has 0 amide bonds. The lowest BCUT2D eigenvalue weighted by Gasteiger charge is -2.04. The van der Waals surface area contributed by atoms with Crippen molar-refractivity contribution in [2.24, 2.45) is 0 Å². The molecular weight excluding hydrogens is 246 g/mol. The molecule has 0 aliphatic heterocycles. The number of fused-ring (bicyclic) bond motifs is 1. The molecule has 0 aliphatic carbocycles. The van der Waals surface area contributed by atoms with Crippen LogP contribution in [0.1, 0.15) is 5.56 Å². The minimum absolute atomic E-state index is 0.226. The summed E-state index contributed by atoms with van der Waals surface area (Å²) in [6, 6.07) is 10.1. The fourth-order valence-corrected chi connectivity index (χ4v) is 2.67. The predicted molar refractivity (Wildman–Crippen MR) is 72.0 cm³/mol. The summed E-state index contributed by atoms with van der Waals surface area (Å²) in [5, 5.41) is 0. The third-order valence-electron chi connectivity index (χ3n) is 2.66. The number of nitrogens with one attached hydrogen (secondary N) is 2. The van der Waals surface area contributed by atoms with Crippen LogP contribution in [0.4, 0.5) is 0 Å². The highest BCUT2D eigenvalue weighted by Crippen LogP contribution is 2.30. The van der Waals surface area contributed by atoms with Gasteiger partial charge in [0.25, 0.3) is 0 Å². The van der Waals surface area contributed by atoms with Gasteiger partial charge in [0.15, 0.2) is 5.65 Å². The average molecular weight is 257 g/mol. The van der Waals surface area contributed by atoms with Gasteiger partial charge in [-0.2, -0.15) is 0 Å². The van der Waals surface area contributed by atoms with Crippen LogP contribution in [-0.4, -0.2) is 15.0 Å². The number of H-pyrrole nitrogens is 2. The minimum atomic E-state index is -0.226. The predicted octanol–water partition coefficient (Wildman–Crippen LogP) is 2.71. The number of aryl methyl sites for hydroxylation is 1. The quantitative estimate of drug-likeness (QED) is 0.742. The van der Waals surface area contributed by atoms with Gasteiger partial charge < -0.3 is 4.98 Å². The molecule has 0 saturated heterocycles. The molecule has 4 nitrogen and oxygen atoms in total. The molecule has 0 fully saturated rings. The summed E-state index contributed by atoms with van der Waals surface area (Å²) in [7, 11) is 0. The summed E-state index contributed by atoms with van der Waals surface area (Å²) in [5.74, 6) is 0. The molecule has 2 N–H and O–H groups in total. The van der Waals surface area contributed by atoms with Crippen molar-refractivity contribution in [2.75, 3.05) is 0 Å². The highest BCUT2D eigenvalue weighted by atomic mass is 32.2. The Hall–Kier alpha value is -2.01. The number of nitrogens with zero attached hydrogens (tertiary/aromatic N) is 1. The van der Waals surface area contributed by atoms with Gasteiger partial charge in [0.05, 0.1) is 5.52 Å². The molecule has 3 rings (SSSR count). The monoisotopic (exact) mass is 257 g/mol. The number of hydrogen-bond acceptors (Lipinski definition) is 3.